The molecule has 0 aliphatic rings. The van der Waals surface area contributed by atoms with E-state index >= 15 is 0 Å². The second-order valence-electron chi connectivity index (χ2n) is 6.66. The first kappa shape index (κ1) is 22.3. The normalized spacial score (nSPS) is 11.4. The maximum absolute atomic E-state index is 12.7. The number of rotatable bonds is 8. The molecule has 0 saturated heterocycles. The molecule has 0 heterocycles. The van der Waals surface area contributed by atoms with Gasteiger partial charge in [0.2, 0.25) is 0 Å². The lowest BCUT2D eigenvalue weighted by atomic mass is 10.1. The highest BCUT2D eigenvalue weighted by atomic mass is 19.3. The van der Waals surface area contributed by atoms with Gasteiger partial charge >= 0.3 is 6.61 Å². The van der Waals surface area contributed by atoms with Crippen LogP contribution in [0.25, 0.3) is 0 Å². The van der Waals surface area contributed by atoms with Crippen LogP contribution in [0.4, 0.5) is 14.5 Å². The third kappa shape index (κ3) is 6.51. The van der Waals surface area contributed by atoms with Crippen molar-refractivity contribution in [3.05, 3.63) is 53.1 Å². The molecular weight excluding hydrogens is 378 g/mol. The van der Waals surface area contributed by atoms with Gasteiger partial charge in [0.15, 0.2) is 5.96 Å². The Hall–Kier alpha value is -3.03. The van der Waals surface area contributed by atoms with E-state index in [0.717, 1.165) is 11.3 Å². The molecule has 0 spiro atoms. The lowest BCUT2D eigenvalue weighted by Crippen LogP contribution is -2.36. The van der Waals surface area contributed by atoms with E-state index in [4.69, 9.17) is 4.74 Å². The van der Waals surface area contributed by atoms with Crippen LogP contribution in [-0.4, -0.2) is 40.8 Å². The number of aryl methyl sites for hydroxylation is 1. The van der Waals surface area contributed by atoms with Gasteiger partial charge in [-0.3, -0.25) is 4.99 Å². The Kier molecular flexibility index (Phi) is 8.06. The summed E-state index contributed by atoms with van der Waals surface area (Å²) in [5.41, 5.74) is 3.96. The van der Waals surface area contributed by atoms with Gasteiger partial charge in [-0.2, -0.15) is 8.78 Å². The van der Waals surface area contributed by atoms with Crippen molar-refractivity contribution in [2.45, 2.75) is 26.6 Å². The number of ether oxygens (including phenoxy) is 2. The third-order valence-electron chi connectivity index (χ3n) is 4.32. The number of nitrogens with one attached hydrogen (secondary N) is 2. The van der Waals surface area contributed by atoms with Gasteiger partial charge in [-0.25, -0.2) is 0 Å². The Labute approximate surface area is 170 Å². The summed E-state index contributed by atoms with van der Waals surface area (Å²) in [5, 5.41) is 6.38. The minimum atomic E-state index is -2.90. The minimum Gasteiger partial charge on any atom is -0.497 e. The average Bonchev–Trinajstić information content (AvgIpc) is 2.69. The number of hydrogen-bond donors (Lipinski definition) is 2. The van der Waals surface area contributed by atoms with E-state index in [0.29, 0.717) is 23.8 Å². The van der Waals surface area contributed by atoms with E-state index in [-0.39, 0.29) is 12.3 Å². The molecule has 0 aromatic heterocycles. The zero-order valence-corrected chi connectivity index (χ0v) is 17.4. The Bertz CT molecular complexity index is 841. The first-order chi connectivity index (χ1) is 13.8. The fourth-order valence-electron chi connectivity index (χ4n) is 2.85. The molecule has 2 aromatic rings. The molecule has 0 unspecified atom stereocenters. The maximum Gasteiger partial charge on any atom is 0.387 e. The summed E-state index contributed by atoms with van der Waals surface area (Å²) in [6.07, 6.45) is 0. The molecule has 0 saturated carbocycles. The summed E-state index contributed by atoms with van der Waals surface area (Å²) < 4.78 is 35.1. The second kappa shape index (κ2) is 10.5. The van der Waals surface area contributed by atoms with Crippen molar-refractivity contribution in [1.29, 1.82) is 0 Å². The minimum absolute atomic E-state index is 0.0946. The highest BCUT2D eigenvalue weighted by Gasteiger charge is 2.12. The molecular formula is C21H28F2N4O2. The zero-order chi connectivity index (χ0) is 21.4. The van der Waals surface area contributed by atoms with Crippen LogP contribution in [0, 0.1) is 6.92 Å². The van der Waals surface area contributed by atoms with Crippen molar-refractivity contribution in [3.63, 3.8) is 0 Å². The standard InChI is InChI=1S/C21H28F2N4O2/c1-14-6-7-15(18(10-14)27(3)4)12-25-21(24-2)26-13-16-11-17(28-5)8-9-19(16)29-20(22)23/h6-11,20H,12-13H2,1-5H3,(H2,24,25,26). The fraction of sp³-hybridized carbons (Fsp3) is 0.381. The summed E-state index contributed by atoms with van der Waals surface area (Å²) in [4.78, 5) is 6.26. The molecule has 2 rings (SSSR count). The number of methoxy groups -OCH3 is 1. The van der Waals surface area contributed by atoms with E-state index in [9.17, 15) is 8.78 Å². The smallest absolute Gasteiger partial charge is 0.387 e. The molecule has 0 radical (unpaired) electrons. The van der Waals surface area contributed by atoms with Crippen molar-refractivity contribution in [2.75, 3.05) is 33.2 Å². The van der Waals surface area contributed by atoms with E-state index in [1.165, 1.54) is 18.7 Å². The van der Waals surface area contributed by atoms with Crippen molar-refractivity contribution in [2.24, 2.45) is 4.99 Å². The largest absolute Gasteiger partial charge is 0.497 e. The number of anilines is 1. The summed E-state index contributed by atoms with van der Waals surface area (Å²) in [6.45, 7) is -0.0393. The Morgan fingerprint density at radius 3 is 2.34 bits per heavy atom. The molecule has 6 nitrogen and oxygen atoms in total. The molecule has 0 aliphatic heterocycles. The quantitative estimate of drug-likeness (QED) is 0.519. The number of guanidine groups is 1. The van der Waals surface area contributed by atoms with Crippen LogP contribution in [0.5, 0.6) is 11.5 Å². The number of halogens is 2. The molecule has 0 aliphatic carbocycles. The SMILES string of the molecule is CN=C(NCc1cc(OC)ccc1OC(F)F)NCc1ccc(C)cc1N(C)C. The zero-order valence-electron chi connectivity index (χ0n) is 17.4. The molecule has 0 bridgehead atoms. The van der Waals surface area contributed by atoms with Crippen LogP contribution >= 0.6 is 0 Å². The van der Waals surface area contributed by atoms with Gasteiger partial charge in [-0.1, -0.05) is 12.1 Å². The van der Waals surface area contributed by atoms with Crippen LogP contribution in [0.1, 0.15) is 16.7 Å². The van der Waals surface area contributed by atoms with Gasteiger partial charge in [0.05, 0.1) is 7.11 Å². The average molecular weight is 406 g/mol. The van der Waals surface area contributed by atoms with Crippen LogP contribution in [-0.2, 0) is 13.1 Å². The molecule has 0 amide bonds. The number of benzene rings is 2. The summed E-state index contributed by atoms with van der Waals surface area (Å²) in [6, 6.07) is 11.0. The Morgan fingerprint density at radius 1 is 1.07 bits per heavy atom. The predicted octanol–water partition coefficient (Wildman–Crippen LogP) is 3.54. The monoisotopic (exact) mass is 406 g/mol. The number of nitrogens with zero attached hydrogens (tertiary/aromatic N) is 2. The molecule has 0 fully saturated rings. The van der Waals surface area contributed by atoms with Crippen molar-refractivity contribution in [1.82, 2.24) is 10.6 Å². The van der Waals surface area contributed by atoms with E-state index in [2.05, 4.69) is 50.4 Å². The van der Waals surface area contributed by atoms with E-state index in [1.54, 1.807) is 19.2 Å². The Morgan fingerprint density at radius 2 is 1.76 bits per heavy atom. The van der Waals surface area contributed by atoms with Crippen LogP contribution in [0.3, 0.4) is 0 Å². The lowest BCUT2D eigenvalue weighted by molar-refractivity contribution is -0.0504. The van der Waals surface area contributed by atoms with Gasteiger partial charge in [-0.15, -0.1) is 0 Å². The Balaban J connectivity index is 2.07. The molecule has 158 valence electrons. The van der Waals surface area contributed by atoms with Crippen LogP contribution in [0.15, 0.2) is 41.4 Å². The van der Waals surface area contributed by atoms with Crippen LogP contribution in [0.2, 0.25) is 0 Å². The van der Waals surface area contributed by atoms with Gasteiger partial charge in [0, 0.05) is 45.5 Å². The maximum atomic E-state index is 12.7. The number of hydrogen-bond acceptors (Lipinski definition) is 4. The highest BCUT2D eigenvalue weighted by Crippen LogP contribution is 2.25. The number of aliphatic imine (C=N–C) groups is 1. The van der Waals surface area contributed by atoms with Crippen molar-refractivity contribution < 1.29 is 18.3 Å². The molecule has 2 N–H and O–H groups in total. The van der Waals surface area contributed by atoms with Crippen molar-refractivity contribution >= 4 is 11.6 Å². The third-order valence-corrected chi connectivity index (χ3v) is 4.32. The van der Waals surface area contributed by atoms with E-state index in [1.807, 2.05) is 14.1 Å². The van der Waals surface area contributed by atoms with E-state index < -0.39 is 6.61 Å². The predicted molar refractivity (Wildman–Crippen MR) is 112 cm³/mol. The van der Waals surface area contributed by atoms with Gasteiger partial charge in [0.25, 0.3) is 0 Å². The highest BCUT2D eigenvalue weighted by molar-refractivity contribution is 5.80. The first-order valence-corrected chi connectivity index (χ1v) is 9.17. The summed E-state index contributed by atoms with van der Waals surface area (Å²) in [5.74, 6) is 1.19. The fourth-order valence-corrected chi connectivity index (χ4v) is 2.85. The number of alkyl halides is 2. The summed E-state index contributed by atoms with van der Waals surface area (Å²) >= 11 is 0. The lowest BCUT2D eigenvalue weighted by Gasteiger charge is -2.20. The molecule has 2 aromatic carbocycles. The van der Waals surface area contributed by atoms with Crippen LogP contribution < -0.4 is 25.0 Å². The first-order valence-electron chi connectivity index (χ1n) is 9.17. The van der Waals surface area contributed by atoms with Gasteiger partial charge in [0.1, 0.15) is 11.5 Å². The van der Waals surface area contributed by atoms with Gasteiger partial charge in [-0.05, 0) is 42.3 Å². The molecule has 29 heavy (non-hydrogen) atoms. The summed E-state index contributed by atoms with van der Waals surface area (Å²) in [7, 11) is 7.17. The second-order valence-corrected chi connectivity index (χ2v) is 6.66. The topological polar surface area (TPSA) is 58.1 Å². The van der Waals surface area contributed by atoms with Gasteiger partial charge < -0.3 is 25.0 Å². The van der Waals surface area contributed by atoms with Crippen molar-refractivity contribution in [3.8, 4) is 11.5 Å². The molecule has 8 heteroatoms. The molecule has 0 atom stereocenters.